The minimum absolute atomic E-state index is 0.0349. The van der Waals surface area contributed by atoms with Crippen LogP contribution in [0.3, 0.4) is 0 Å². The van der Waals surface area contributed by atoms with Crippen LogP contribution < -0.4 is 10.9 Å². The molecular weight excluding hydrogens is 248 g/mol. The first kappa shape index (κ1) is 13.6. The Morgan fingerprint density at radius 3 is 2.79 bits per heavy atom. The molecule has 104 valence electrons. The third-order valence-electron chi connectivity index (χ3n) is 3.33. The fourth-order valence-electron chi connectivity index (χ4n) is 2.34. The van der Waals surface area contributed by atoms with E-state index in [1.54, 1.807) is 0 Å². The number of fused-ring (bicyclic) bond motifs is 1. The Morgan fingerprint density at radius 2 is 2.05 bits per heavy atom. The molecule has 6 nitrogen and oxygen atoms in total. The summed E-state index contributed by atoms with van der Waals surface area (Å²) in [5, 5.41) is 21.3. The number of hydrogen-bond donors (Lipinski definition) is 4. The standard InChI is InChI=1S/C13H18N2O4/c16-7-3-6-14-12(18)10-11(17)8-4-1-2-5-9(8)15-13(10)19/h16H,1-7H2,(H,14,18)(H2,15,17,19). The number of aryl methyl sites for hydroxylation is 1. The Morgan fingerprint density at radius 1 is 1.32 bits per heavy atom. The molecule has 0 aromatic carbocycles. The van der Waals surface area contributed by atoms with E-state index in [9.17, 15) is 14.7 Å². The molecule has 1 heterocycles. The van der Waals surface area contributed by atoms with Gasteiger partial charge >= 0.3 is 0 Å². The molecule has 0 unspecified atom stereocenters. The highest BCUT2D eigenvalue weighted by molar-refractivity contribution is 5.96. The van der Waals surface area contributed by atoms with Gasteiger partial charge in [0.25, 0.3) is 11.5 Å². The van der Waals surface area contributed by atoms with Crippen LogP contribution in [0.2, 0.25) is 0 Å². The first-order chi connectivity index (χ1) is 9.15. The lowest BCUT2D eigenvalue weighted by Crippen LogP contribution is -2.32. The SMILES string of the molecule is O=C(NCCCO)c1c(O)c2c([nH]c1=O)CCCC2. The summed E-state index contributed by atoms with van der Waals surface area (Å²) in [5.41, 5.74) is 0.636. The molecule has 4 N–H and O–H groups in total. The number of H-pyrrole nitrogens is 1. The molecule has 0 spiro atoms. The number of aromatic nitrogens is 1. The highest BCUT2D eigenvalue weighted by Crippen LogP contribution is 2.28. The van der Waals surface area contributed by atoms with Crippen molar-refractivity contribution in [2.24, 2.45) is 0 Å². The van der Waals surface area contributed by atoms with Crippen LogP contribution in [0.5, 0.6) is 5.75 Å². The zero-order chi connectivity index (χ0) is 13.8. The van der Waals surface area contributed by atoms with E-state index in [4.69, 9.17) is 5.11 Å². The lowest BCUT2D eigenvalue weighted by molar-refractivity contribution is 0.0946. The second kappa shape index (κ2) is 5.88. The second-order valence-electron chi connectivity index (χ2n) is 4.68. The average Bonchev–Trinajstić information content (AvgIpc) is 2.39. The summed E-state index contributed by atoms with van der Waals surface area (Å²) in [7, 11) is 0. The average molecular weight is 266 g/mol. The molecule has 1 aliphatic rings. The minimum Gasteiger partial charge on any atom is -0.507 e. The molecule has 2 rings (SSSR count). The number of amides is 1. The molecule has 1 aromatic heterocycles. The topological polar surface area (TPSA) is 102 Å². The first-order valence-electron chi connectivity index (χ1n) is 6.51. The van der Waals surface area contributed by atoms with Crippen molar-refractivity contribution in [3.63, 3.8) is 0 Å². The number of aromatic hydroxyl groups is 1. The van der Waals surface area contributed by atoms with Gasteiger partial charge in [0.15, 0.2) is 0 Å². The third-order valence-corrected chi connectivity index (χ3v) is 3.33. The lowest BCUT2D eigenvalue weighted by atomic mass is 9.93. The van der Waals surface area contributed by atoms with Crippen LogP contribution in [0.25, 0.3) is 0 Å². The number of pyridine rings is 1. The van der Waals surface area contributed by atoms with E-state index in [0.717, 1.165) is 25.0 Å². The normalized spacial score (nSPS) is 13.9. The lowest BCUT2D eigenvalue weighted by Gasteiger charge is -2.18. The third kappa shape index (κ3) is 2.78. The summed E-state index contributed by atoms with van der Waals surface area (Å²) in [6.07, 6.45) is 3.73. The number of aliphatic hydroxyl groups excluding tert-OH is 1. The van der Waals surface area contributed by atoms with E-state index in [1.165, 1.54) is 0 Å². The predicted octanol–water partition coefficient (Wildman–Crippen LogP) is 0.0715. The van der Waals surface area contributed by atoms with Crippen molar-refractivity contribution in [2.75, 3.05) is 13.2 Å². The number of nitrogens with one attached hydrogen (secondary N) is 2. The highest BCUT2D eigenvalue weighted by atomic mass is 16.3. The largest absolute Gasteiger partial charge is 0.507 e. The summed E-state index contributed by atoms with van der Waals surface area (Å²) in [4.78, 5) is 26.4. The Hall–Kier alpha value is -1.82. The monoisotopic (exact) mass is 266 g/mol. The van der Waals surface area contributed by atoms with Gasteiger partial charge in [-0.2, -0.15) is 0 Å². The molecule has 0 saturated carbocycles. The molecule has 6 heteroatoms. The summed E-state index contributed by atoms with van der Waals surface area (Å²) >= 11 is 0. The van der Waals surface area contributed by atoms with Crippen molar-refractivity contribution in [2.45, 2.75) is 32.1 Å². The molecule has 0 radical (unpaired) electrons. The van der Waals surface area contributed by atoms with Crippen LogP contribution in [-0.2, 0) is 12.8 Å². The molecule has 1 aliphatic carbocycles. The maximum atomic E-state index is 11.9. The summed E-state index contributed by atoms with van der Waals surface area (Å²) in [5.74, 6) is -0.791. The maximum absolute atomic E-state index is 11.9. The molecule has 0 atom stereocenters. The number of carbonyl (C=O) groups excluding carboxylic acids is 1. The van der Waals surface area contributed by atoms with Gasteiger partial charge in [-0.3, -0.25) is 9.59 Å². The number of carbonyl (C=O) groups is 1. The zero-order valence-corrected chi connectivity index (χ0v) is 10.7. The molecular formula is C13H18N2O4. The van der Waals surface area contributed by atoms with Gasteiger partial charge in [0, 0.05) is 24.4 Å². The molecule has 0 bridgehead atoms. The Labute approximate surface area is 110 Å². The van der Waals surface area contributed by atoms with Gasteiger partial charge in [0.05, 0.1) is 0 Å². The predicted molar refractivity (Wildman–Crippen MR) is 69.4 cm³/mol. The number of aromatic amines is 1. The quantitative estimate of drug-likeness (QED) is 0.579. The Balaban J connectivity index is 2.30. The van der Waals surface area contributed by atoms with Crippen molar-refractivity contribution in [1.29, 1.82) is 0 Å². The molecule has 0 aliphatic heterocycles. The van der Waals surface area contributed by atoms with Crippen LogP contribution in [-0.4, -0.2) is 34.3 Å². The Bertz CT molecular complexity index is 536. The first-order valence-corrected chi connectivity index (χ1v) is 6.51. The van der Waals surface area contributed by atoms with Crippen molar-refractivity contribution < 1.29 is 15.0 Å². The number of aliphatic hydroxyl groups is 1. The smallest absolute Gasteiger partial charge is 0.264 e. The van der Waals surface area contributed by atoms with Gasteiger partial charge in [0.2, 0.25) is 0 Å². The zero-order valence-electron chi connectivity index (χ0n) is 10.7. The summed E-state index contributed by atoms with van der Waals surface area (Å²) in [6.45, 7) is 0.234. The molecule has 19 heavy (non-hydrogen) atoms. The highest BCUT2D eigenvalue weighted by Gasteiger charge is 2.23. The molecule has 1 aromatic rings. The van der Waals surface area contributed by atoms with Gasteiger partial charge in [-0.1, -0.05) is 0 Å². The van der Waals surface area contributed by atoms with Crippen LogP contribution in [0.15, 0.2) is 4.79 Å². The summed E-state index contributed by atoms with van der Waals surface area (Å²) in [6, 6.07) is 0. The van der Waals surface area contributed by atoms with Crippen LogP contribution in [0, 0.1) is 0 Å². The Kier molecular flexibility index (Phi) is 4.21. The molecule has 1 amide bonds. The van der Waals surface area contributed by atoms with E-state index in [2.05, 4.69) is 10.3 Å². The van der Waals surface area contributed by atoms with Crippen molar-refractivity contribution in [3.8, 4) is 5.75 Å². The minimum atomic E-state index is -0.597. The maximum Gasteiger partial charge on any atom is 0.264 e. The van der Waals surface area contributed by atoms with Gasteiger partial charge in [0.1, 0.15) is 11.3 Å². The van der Waals surface area contributed by atoms with E-state index in [0.29, 0.717) is 18.4 Å². The van der Waals surface area contributed by atoms with E-state index >= 15 is 0 Å². The van der Waals surface area contributed by atoms with E-state index in [-0.39, 0.29) is 24.5 Å². The number of hydrogen-bond acceptors (Lipinski definition) is 4. The van der Waals surface area contributed by atoms with Crippen molar-refractivity contribution in [1.82, 2.24) is 10.3 Å². The molecule has 0 saturated heterocycles. The van der Waals surface area contributed by atoms with Gasteiger partial charge in [-0.05, 0) is 32.1 Å². The van der Waals surface area contributed by atoms with Crippen molar-refractivity contribution in [3.05, 3.63) is 27.2 Å². The van der Waals surface area contributed by atoms with Crippen molar-refractivity contribution >= 4 is 5.91 Å². The molecule has 0 fully saturated rings. The van der Waals surface area contributed by atoms with Crippen LogP contribution in [0.1, 0.15) is 40.9 Å². The second-order valence-corrected chi connectivity index (χ2v) is 4.68. The van der Waals surface area contributed by atoms with E-state index < -0.39 is 11.5 Å². The van der Waals surface area contributed by atoms with Gasteiger partial charge in [-0.15, -0.1) is 0 Å². The fourth-order valence-corrected chi connectivity index (χ4v) is 2.34. The van der Waals surface area contributed by atoms with Crippen LogP contribution >= 0.6 is 0 Å². The van der Waals surface area contributed by atoms with Crippen LogP contribution in [0.4, 0.5) is 0 Å². The van der Waals surface area contributed by atoms with Gasteiger partial charge < -0.3 is 20.5 Å². The fraction of sp³-hybridized carbons (Fsp3) is 0.538. The van der Waals surface area contributed by atoms with Gasteiger partial charge in [-0.25, -0.2) is 0 Å². The number of rotatable bonds is 4. The summed E-state index contributed by atoms with van der Waals surface area (Å²) < 4.78 is 0. The van der Waals surface area contributed by atoms with E-state index in [1.807, 2.05) is 0 Å².